The van der Waals surface area contributed by atoms with Crippen LogP contribution in [0.2, 0.25) is 0 Å². The Hall–Kier alpha value is -1.06. The van der Waals surface area contributed by atoms with E-state index >= 15 is 0 Å². The van der Waals surface area contributed by atoms with Crippen LogP contribution in [0.1, 0.15) is 117 Å². The van der Waals surface area contributed by atoms with Gasteiger partial charge in [-0.25, -0.2) is 0 Å². The molecule has 1 fully saturated rings. The van der Waals surface area contributed by atoms with Crippen molar-refractivity contribution < 1.29 is 19.1 Å². The number of hydrogen-bond donors (Lipinski definition) is 0. The van der Waals surface area contributed by atoms with Crippen molar-refractivity contribution >= 4 is 11.9 Å². The average molecular weight is 411 g/mol. The van der Waals surface area contributed by atoms with Gasteiger partial charge in [0.1, 0.15) is 0 Å². The van der Waals surface area contributed by atoms with Gasteiger partial charge < -0.3 is 9.47 Å². The van der Waals surface area contributed by atoms with E-state index in [4.69, 9.17) is 9.47 Å². The van der Waals surface area contributed by atoms with Crippen molar-refractivity contribution in [1.29, 1.82) is 0 Å². The maximum atomic E-state index is 12.4. The Morgan fingerprint density at radius 2 is 1.24 bits per heavy atom. The van der Waals surface area contributed by atoms with E-state index in [2.05, 4.69) is 20.8 Å². The van der Waals surface area contributed by atoms with Crippen LogP contribution in [0.3, 0.4) is 0 Å². The largest absolute Gasteiger partial charge is 0.465 e. The summed E-state index contributed by atoms with van der Waals surface area (Å²) < 4.78 is 10.9. The first kappa shape index (κ1) is 26.0. The van der Waals surface area contributed by atoms with Gasteiger partial charge in [-0.05, 0) is 38.0 Å². The van der Waals surface area contributed by atoms with Gasteiger partial charge in [-0.2, -0.15) is 0 Å². The number of carbonyl (C=O) groups excluding carboxylic acids is 2. The molecule has 0 spiro atoms. The van der Waals surface area contributed by atoms with E-state index < -0.39 is 0 Å². The van der Waals surface area contributed by atoms with Gasteiger partial charge in [-0.3, -0.25) is 9.59 Å². The van der Waals surface area contributed by atoms with E-state index in [-0.39, 0.29) is 23.8 Å². The third-order valence-electron chi connectivity index (χ3n) is 6.00. The SMILES string of the molecule is CCCCCOC(=O)C1CCCC(C(=O)OCCCCCCCCCC(C)C)C1. The molecule has 0 amide bonds. The molecule has 0 aromatic carbocycles. The number of carbonyl (C=O) groups is 2. The first-order chi connectivity index (χ1) is 14.0. The van der Waals surface area contributed by atoms with Crippen molar-refractivity contribution in [3.63, 3.8) is 0 Å². The molecule has 0 heterocycles. The van der Waals surface area contributed by atoms with Crippen LogP contribution in [0.4, 0.5) is 0 Å². The maximum Gasteiger partial charge on any atom is 0.308 e. The van der Waals surface area contributed by atoms with Crippen LogP contribution >= 0.6 is 0 Å². The molecule has 0 radical (unpaired) electrons. The van der Waals surface area contributed by atoms with E-state index in [1.54, 1.807) is 0 Å². The quantitative estimate of drug-likeness (QED) is 0.206. The highest BCUT2D eigenvalue weighted by Crippen LogP contribution is 2.31. The van der Waals surface area contributed by atoms with Crippen molar-refractivity contribution in [2.45, 2.75) is 117 Å². The molecule has 29 heavy (non-hydrogen) atoms. The van der Waals surface area contributed by atoms with Crippen molar-refractivity contribution in [3.8, 4) is 0 Å². The van der Waals surface area contributed by atoms with Gasteiger partial charge in [0.15, 0.2) is 0 Å². The summed E-state index contributed by atoms with van der Waals surface area (Å²) in [6, 6.07) is 0. The van der Waals surface area contributed by atoms with Crippen LogP contribution in [0, 0.1) is 17.8 Å². The summed E-state index contributed by atoms with van der Waals surface area (Å²) in [6.45, 7) is 7.74. The molecule has 0 N–H and O–H groups in total. The molecule has 4 nitrogen and oxygen atoms in total. The standard InChI is InChI=1S/C25H46O4/c1-4-5-12-18-28-24(26)22-16-14-17-23(20-22)25(27)29-19-13-10-8-6-7-9-11-15-21(2)3/h21-23H,4-20H2,1-3H3. The smallest absolute Gasteiger partial charge is 0.308 e. The first-order valence-corrected chi connectivity index (χ1v) is 12.4. The zero-order valence-electron chi connectivity index (χ0n) is 19.4. The molecule has 1 aliphatic carbocycles. The third kappa shape index (κ3) is 13.0. The van der Waals surface area contributed by atoms with Crippen molar-refractivity contribution in [2.75, 3.05) is 13.2 Å². The van der Waals surface area contributed by atoms with Crippen molar-refractivity contribution in [1.82, 2.24) is 0 Å². The predicted molar refractivity (Wildman–Crippen MR) is 119 cm³/mol. The van der Waals surface area contributed by atoms with Gasteiger partial charge in [0.05, 0.1) is 25.0 Å². The fourth-order valence-corrected chi connectivity index (χ4v) is 4.09. The Labute approximate surface area is 179 Å². The van der Waals surface area contributed by atoms with Crippen LogP contribution in [0.25, 0.3) is 0 Å². The summed E-state index contributed by atoms with van der Waals surface area (Å²) in [5.74, 6) is 0.339. The molecule has 4 heteroatoms. The summed E-state index contributed by atoms with van der Waals surface area (Å²) in [7, 11) is 0. The van der Waals surface area contributed by atoms with E-state index in [0.717, 1.165) is 57.3 Å². The third-order valence-corrected chi connectivity index (χ3v) is 6.00. The first-order valence-electron chi connectivity index (χ1n) is 12.4. The fourth-order valence-electron chi connectivity index (χ4n) is 4.09. The molecule has 1 rings (SSSR count). The van der Waals surface area contributed by atoms with E-state index in [9.17, 15) is 9.59 Å². The number of hydrogen-bond acceptors (Lipinski definition) is 4. The Kier molecular flexibility index (Phi) is 15.0. The monoisotopic (exact) mass is 410 g/mol. The second kappa shape index (κ2) is 16.7. The second-order valence-corrected chi connectivity index (χ2v) is 9.26. The summed E-state index contributed by atoms with van der Waals surface area (Å²) >= 11 is 0. The lowest BCUT2D eigenvalue weighted by molar-refractivity contribution is -0.155. The highest BCUT2D eigenvalue weighted by Gasteiger charge is 2.32. The Morgan fingerprint density at radius 1 is 0.759 bits per heavy atom. The van der Waals surface area contributed by atoms with Gasteiger partial charge in [-0.15, -0.1) is 0 Å². The lowest BCUT2D eigenvalue weighted by atomic mass is 9.81. The van der Waals surface area contributed by atoms with E-state index in [1.165, 1.54) is 38.5 Å². The number of rotatable bonds is 16. The molecule has 0 aromatic heterocycles. The summed E-state index contributed by atoms with van der Waals surface area (Å²) in [5, 5.41) is 0. The van der Waals surface area contributed by atoms with Crippen molar-refractivity contribution in [2.24, 2.45) is 17.8 Å². The number of unbranched alkanes of at least 4 members (excludes halogenated alkanes) is 8. The summed E-state index contributed by atoms with van der Waals surface area (Å²) in [5.41, 5.74) is 0. The van der Waals surface area contributed by atoms with Crippen LogP contribution in [-0.2, 0) is 19.1 Å². The molecule has 170 valence electrons. The normalized spacial score (nSPS) is 19.3. The Bertz CT molecular complexity index is 433. The Balaban J connectivity index is 2.06. The van der Waals surface area contributed by atoms with Gasteiger partial charge in [-0.1, -0.05) is 85.0 Å². The second-order valence-electron chi connectivity index (χ2n) is 9.26. The fraction of sp³-hybridized carbons (Fsp3) is 0.920. The molecule has 2 unspecified atom stereocenters. The lowest BCUT2D eigenvalue weighted by Crippen LogP contribution is -2.30. The van der Waals surface area contributed by atoms with Crippen LogP contribution < -0.4 is 0 Å². The molecule has 0 aliphatic heterocycles. The molecule has 0 bridgehead atoms. The molecular formula is C25H46O4. The Morgan fingerprint density at radius 3 is 1.76 bits per heavy atom. The summed E-state index contributed by atoms with van der Waals surface area (Å²) in [6.07, 6.45) is 16.3. The van der Waals surface area contributed by atoms with Gasteiger partial charge in [0.25, 0.3) is 0 Å². The van der Waals surface area contributed by atoms with E-state index in [1.807, 2.05) is 0 Å². The molecule has 0 aromatic rings. The van der Waals surface area contributed by atoms with Crippen LogP contribution in [-0.4, -0.2) is 25.2 Å². The lowest BCUT2D eigenvalue weighted by Gasteiger charge is -2.26. The number of esters is 2. The molecule has 1 aliphatic rings. The zero-order chi connectivity index (χ0) is 21.3. The minimum absolute atomic E-state index is 0.109. The molecule has 0 saturated heterocycles. The van der Waals surface area contributed by atoms with Gasteiger partial charge in [0.2, 0.25) is 0 Å². The topological polar surface area (TPSA) is 52.6 Å². The highest BCUT2D eigenvalue weighted by molar-refractivity contribution is 5.76. The molecule has 1 saturated carbocycles. The van der Waals surface area contributed by atoms with E-state index in [0.29, 0.717) is 19.6 Å². The highest BCUT2D eigenvalue weighted by atomic mass is 16.5. The van der Waals surface area contributed by atoms with Crippen molar-refractivity contribution in [3.05, 3.63) is 0 Å². The minimum Gasteiger partial charge on any atom is -0.465 e. The van der Waals surface area contributed by atoms with Gasteiger partial charge in [0, 0.05) is 0 Å². The average Bonchev–Trinajstić information content (AvgIpc) is 2.72. The minimum atomic E-state index is -0.127. The predicted octanol–water partition coefficient (Wildman–Crippen LogP) is 6.85. The molecular weight excluding hydrogens is 364 g/mol. The van der Waals surface area contributed by atoms with Gasteiger partial charge >= 0.3 is 11.9 Å². The van der Waals surface area contributed by atoms with Crippen LogP contribution in [0.5, 0.6) is 0 Å². The maximum absolute atomic E-state index is 12.4. The molecule has 2 atom stereocenters. The van der Waals surface area contributed by atoms with Crippen LogP contribution in [0.15, 0.2) is 0 Å². The summed E-state index contributed by atoms with van der Waals surface area (Å²) in [4.78, 5) is 24.6. The zero-order valence-corrected chi connectivity index (χ0v) is 19.4. The number of ether oxygens (including phenoxy) is 2.